The van der Waals surface area contributed by atoms with Crippen molar-refractivity contribution in [2.45, 2.75) is 77.4 Å². The van der Waals surface area contributed by atoms with E-state index in [0.29, 0.717) is 5.69 Å². The Morgan fingerprint density at radius 1 is 0.898 bits per heavy atom. The monoisotopic (exact) mass is 688 g/mol. The van der Waals surface area contributed by atoms with Gasteiger partial charge >= 0.3 is 12.1 Å². The lowest BCUT2D eigenvalue weighted by molar-refractivity contribution is 0.0222. The molecule has 1 atom stereocenters. The third-order valence-corrected chi connectivity index (χ3v) is 8.91. The van der Waals surface area contributed by atoms with Crippen LogP contribution in [0.2, 0.25) is 0 Å². The molecule has 0 saturated carbocycles. The lowest BCUT2D eigenvalue weighted by Gasteiger charge is -2.29. The molecule has 1 unspecified atom stereocenters. The second kappa shape index (κ2) is 14.3. The number of nitrogens with zero attached hydrogens (tertiary/aromatic N) is 3. The average molecular weight is 689 g/mol. The molecule has 1 heterocycles. The van der Waals surface area contributed by atoms with E-state index >= 15 is 0 Å². The van der Waals surface area contributed by atoms with Crippen molar-refractivity contribution in [1.29, 1.82) is 0 Å². The Morgan fingerprint density at radius 2 is 1.53 bits per heavy atom. The fourth-order valence-corrected chi connectivity index (χ4v) is 6.07. The number of anilines is 1. The zero-order valence-corrected chi connectivity index (χ0v) is 30.2. The van der Waals surface area contributed by atoms with Gasteiger partial charge in [-0.1, -0.05) is 69.3 Å². The number of sulfonamides is 1. The van der Waals surface area contributed by atoms with Gasteiger partial charge in [0.25, 0.3) is 10.0 Å². The van der Waals surface area contributed by atoms with Crippen molar-refractivity contribution in [3.8, 4) is 17.1 Å². The molecule has 0 fully saturated rings. The first-order valence-corrected chi connectivity index (χ1v) is 17.2. The zero-order valence-electron chi connectivity index (χ0n) is 29.4. The summed E-state index contributed by atoms with van der Waals surface area (Å²) in [7, 11) is -2.70. The van der Waals surface area contributed by atoms with Crippen LogP contribution in [0.3, 0.4) is 0 Å². The molecule has 260 valence electrons. The molecule has 49 heavy (non-hydrogen) atoms. The van der Waals surface area contributed by atoms with Gasteiger partial charge in [-0.15, -0.1) is 0 Å². The average Bonchev–Trinajstić information content (AvgIpc) is 2.99. The van der Waals surface area contributed by atoms with Crippen LogP contribution >= 0.6 is 0 Å². The number of nitrogens with one attached hydrogen (secondary N) is 1. The third-order valence-electron chi connectivity index (χ3n) is 7.59. The Bertz CT molecular complexity index is 1940. The van der Waals surface area contributed by atoms with Crippen LogP contribution in [-0.4, -0.2) is 59.6 Å². The molecular weight excluding hydrogens is 644 g/mol. The molecule has 0 aliphatic rings. The highest BCUT2D eigenvalue weighted by molar-refractivity contribution is 7.92. The number of amides is 1. The molecule has 4 aromatic rings. The lowest BCUT2D eigenvalue weighted by atomic mass is 9.85. The molecule has 4 rings (SSSR count). The van der Waals surface area contributed by atoms with Gasteiger partial charge < -0.3 is 19.5 Å². The molecule has 0 aliphatic carbocycles. The molecule has 0 spiro atoms. The number of carbonyl (C=O) groups is 2. The topological polar surface area (TPSA) is 148 Å². The first-order chi connectivity index (χ1) is 22.7. The second-order valence-corrected chi connectivity index (χ2v) is 15.6. The fraction of sp³-hybridized carbons (Fsp3) is 0.351. The summed E-state index contributed by atoms with van der Waals surface area (Å²) in [6, 6.07) is 20.2. The predicted octanol–water partition coefficient (Wildman–Crippen LogP) is 7.54. The minimum atomic E-state index is -4.32. The molecule has 2 N–H and O–H groups in total. The predicted molar refractivity (Wildman–Crippen MR) is 189 cm³/mol. The van der Waals surface area contributed by atoms with E-state index in [-0.39, 0.29) is 34.2 Å². The Hall–Kier alpha value is -4.97. The number of likely N-dealkylation sites (N-methyl/N-ethyl adjacent to an activating group) is 1. The highest BCUT2D eigenvalue weighted by atomic mass is 32.2. The van der Waals surface area contributed by atoms with E-state index in [1.165, 1.54) is 23.1 Å². The molecule has 1 aromatic heterocycles. The first kappa shape index (κ1) is 36.9. The summed E-state index contributed by atoms with van der Waals surface area (Å²) < 4.78 is 41.6. The van der Waals surface area contributed by atoms with Crippen LogP contribution < -0.4 is 9.46 Å². The Kier molecular flexibility index (Phi) is 10.7. The number of aryl methyl sites for hydroxylation is 2. The molecule has 1 amide bonds. The van der Waals surface area contributed by atoms with Gasteiger partial charge in [0.1, 0.15) is 11.7 Å². The maximum atomic E-state index is 13.5. The Labute approximate surface area is 288 Å². The zero-order chi connectivity index (χ0) is 36.3. The largest absolute Gasteiger partial charge is 0.478 e. The van der Waals surface area contributed by atoms with E-state index in [1.54, 1.807) is 33.9 Å². The van der Waals surface area contributed by atoms with E-state index < -0.39 is 33.8 Å². The number of carbonyl (C=O) groups excluding carboxylic acids is 1. The maximum absolute atomic E-state index is 13.5. The van der Waals surface area contributed by atoms with E-state index in [2.05, 4.69) is 35.5 Å². The van der Waals surface area contributed by atoms with Gasteiger partial charge in [0.05, 0.1) is 22.7 Å². The normalized spacial score (nSPS) is 12.6. The van der Waals surface area contributed by atoms with Crippen LogP contribution in [0, 0.1) is 13.8 Å². The van der Waals surface area contributed by atoms with E-state index in [1.807, 2.05) is 56.3 Å². The van der Waals surface area contributed by atoms with Crippen LogP contribution in [0.15, 0.2) is 77.7 Å². The van der Waals surface area contributed by atoms with Crippen LogP contribution in [0.4, 0.5) is 10.7 Å². The number of carboxylic acids is 1. The minimum absolute atomic E-state index is 0.0494. The third kappa shape index (κ3) is 9.56. The molecule has 3 aromatic carbocycles. The summed E-state index contributed by atoms with van der Waals surface area (Å²) in [4.78, 5) is 34.8. The molecular formula is C37H44N4O7S. The van der Waals surface area contributed by atoms with Crippen molar-refractivity contribution >= 4 is 28.0 Å². The van der Waals surface area contributed by atoms with Crippen molar-refractivity contribution in [3.63, 3.8) is 0 Å². The highest BCUT2D eigenvalue weighted by Gasteiger charge is 2.27. The highest BCUT2D eigenvalue weighted by Crippen LogP contribution is 2.33. The van der Waals surface area contributed by atoms with Crippen molar-refractivity contribution in [2.24, 2.45) is 0 Å². The Balaban J connectivity index is 1.84. The summed E-state index contributed by atoms with van der Waals surface area (Å²) in [5, 5.41) is 9.42. The fourth-order valence-electron chi connectivity index (χ4n) is 5.08. The van der Waals surface area contributed by atoms with Crippen molar-refractivity contribution in [3.05, 3.63) is 101 Å². The van der Waals surface area contributed by atoms with Crippen LogP contribution in [0.5, 0.6) is 5.88 Å². The molecule has 11 nitrogen and oxygen atoms in total. The molecule has 0 radical (unpaired) electrons. The summed E-state index contributed by atoms with van der Waals surface area (Å²) in [6.07, 6.45) is -1.29. The van der Waals surface area contributed by atoms with Gasteiger partial charge in [-0.3, -0.25) is 0 Å². The van der Waals surface area contributed by atoms with Gasteiger partial charge in [-0.25, -0.2) is 27.7 Å². The number of ether oxygens (including phenoxy) is 2. The smallest absolute Gasteiger partial charge is 0.410 e. The standard InChI is InChI=1S/C37H44N4O7S/c1-23-13-10-14-24(2)32(23)29-21-31(39-34(38-29)40-49(45,46)28-18-12-16-26(20-28)33(42)43)47-30(22-41(9)35(44)48-37(6,7)8)25-15-11-17-27(19-25)36(3,4)5/h10-21,30H,22H2,1-9H3,(H,42,43)(H,38,39,40). The lowest BCUT2D eigenvalue weighted by Crippen LogP contribution is -2.37. The number of benzene rings is 3. The summed E-state index contributed by atoms with van der Waals surface area (Å²) in [5.41, 5.74) is 3.70. The van der Waals surface area contributed by atoms with Crippen molar-refractivity contribution < 1.29 is 32.6 Å². The van der Waals surface area contributed by atoms with Gasteiger partial charge in [0.15, 0.2) is 0 Å². The quantitative estimate of drug-likeness (QED) is 0.172. The molecule has 0 bridgehead atoms. The number of aromatic nitrogens is 2. The first-order valence-electron chi connectivity index (χ1n) is 15.8. The number of rotatable bonds is 10. The SMILES string of the molecule is Cc1cccc(C)c1-c1cc(OC(CN(C)C(=O)OC(C)(C)C)c2cccc(C(C)(C)C)c2)nc(NS(=O)(=O)c2cccc(C(=O)O)c2)n1. The van der Waals surface area contributed by atoms with E-state index in [9.17, 15) is 23.1 Å². The summed E-state index contributed by atoms with van der Waals surface area (Å²) in [5.74, 6) is -1.49. The minimum Gasteiger partial charge on any atom is -0.478 e. The van der Waals surface area contributed by atoms with Crippen LogP contribution in [0.1, 0.15) is 80.3 Å². The number of carboxylic acid groups (broad SMARTS) is 1. The van der Waals surface area contributed by atoms with Gasteiger partial charge in [0.2, 0.25) is 11.8 Å². The maximum Gasteiger partial charge on any atom is 0.410 e. The molecule has 0 aliphatic heterocycles. The van der Waals surface area contributed by atoms with Crippen molar-refractivity contribution in [1.82, 2.24) is 14.9 Å². The second-order valence-electron chi connectivity index (χ2n) is 14.0. The van der Waals surface area contributed by atoms with Crippen molar-refractivity contribution in [2.75, 3.05) is 18.3 Å². The number of hydrogen-bond donors (Lipinski definition) is 2. The van der Waals surface area contributed by atoms with E-state index in [4.69, 9.17) is 9.47 Å². The van der Waals surface area contributed by atoms with Gasteiger partial charge in [-0.2, -0.15) is 4.98 Å². The summed E-state index contributed by atoms with van der Waals surface area (Å²) >= 11 is 0. The van der Waals surface area contributed by atoms with Crippen LogP contribution in [0.25, 0.3) is 11.3 Å². The molecule has 0 saturated heterocycles. The number of hydrogen-bond acceptors (Lipinski definition) is 8. The number of aromatic carboxylic acids is 1. The molecule has 12 heteroatoms. The van der Waals surface area contributed by atoms with Gasteiger partial charge in [-0.05, 0) is 80.5 Å². The summed E-state index contributed by atoms with van der Waals surface area (Å²) in [6.45, 7) is 15.6. The van der Waals surface area contributed by atoms with E-state index in [0.717, 1.165) is 33.9 Å². The van der Waals surface area contributed by atoms with Gasteiger partial charge in [0, 0.05) is 18.7 Å². The van der Waals surface area contributed by atoms with Crippen LogP contribution in [-0.2, 0) is 20.2 Å². The Morgan fingerprint density at radius 3 is 2.14 bits per heavy atom.